The molecular weight excluding hydrogens is 220 g/mol. The van der Waals surface area contributed by atoms with Crippen molar-refractivity contribution >= 4 is 0 Å². The van der Waals surface area contributed by atoms with Gasteiger partial charge in [0.2, 0.25) is 0 Å². The Balaban J connectivity index is 2.58. The zero-order valence-corrected chi connectivity index (χ0v) is 13.0. The first kappa shape index (κ1) is 16.0. The van der Waals surface area contributed by atoms with Gasteiger partial charge in [0.05, 0.1) is 0 Å². The highest BCUT2D eigenvalue weighted by atomic mass is 15.2. The number of rotatable bonds is 8. The van der Waals surface area contributed by atoms with Crippen molar-refractivity contribution in [2.45, 2.75) is 84.2 Å². The minimum atomic E-state index is 0.0274. The maximum Gasteiger partial charge on any atom is 0.0278 e. The van der Waals surface area contributed by atoms with E-state index in [4.69, 9.17) is 5.73 Å². The van der Waals surface area contributed by atoms with Crippen LogP contribution in [0.2, 0.25) is 0 Å². The molecule has 1 saturated carbocycles. The Morgan fingerprint density at radius 3 is 2.17 bits per heavy atom. The molecule has 0 radical (unpaired) electrons. The van der Waals surface area contributed by atoms with E-state index >= 15 is 0 Å². The lowest BCUT2D eigenvalue weighted by atomic mass is 9.92. The Kier molecular flexibility index (Phi) is 6.65. The zero-order chi connectivity index (χ0) is 13.6. The molecule has 2 heteroatoms. The molecule has 0 heterocycles. The summed E-state index contributed by atoms with van der Waals surface area (Å²) in [6.45, 7) is 11.4. The van der Waals surface area contributed by atoms with Crippen molar-refractivity contribution < 1.29 is 0 Å². The van der Waals surface area contributed by atoms with E-state index < -0.39 is 0 Å². The van der Waals surface area contributed by atoms with Crippen LogP contribution in [-0.2, 0) is 0 Å². The van der Waals surface area contributed by atoms with Gasteiger partial charge in [-0.25, -0.2) is 0 Å². The molecule has 1 aliphatic carbocycles. The van der Waals surface area contributed by atoms with Crippen molar-refractivity contribution in [1.29, 1.82) is 0 Å². The highest BCUT2D eigenvalue weighted by Crippen LogP contribution is 2.26. The van der Waals surface area contributed by atoms with Crippen LogP contribution in [-0.4, -0.2) is 29.6 Å². The summed E-state index contributed by atoms with van der Waals surface area (Å²) in [6, 6.07) is 0.810. The van der Waals surface area contributed by atoms with Gasteiger partial charge in [0, 0.05) is 18.1 Å². The lowest BCUT2D eigenvalue weighted by molar-refractivity contribution is 0.140. The second kappa shape index (κ2) is 7.49. The van der Waals surface area contributed by atoms with Crippen molar-refractivity contribution in [2.75, 3.05) is 13.1 Å². The summed E-state index contributed by atoms with van der Waals surface area (Å²) in [5, 5.41) is 0. The fourth-order valence-electron chi connectivity index (χ4n) is 2.96. The highest BCUT2D eigenvalue weighted by Gasteiger charge is 2.29. The van der Waals surface area contributed by atoms with Gasteiger partial charge >= 0.3 is 0 Å². The molecule has 18 heavy (non-hydrogen) atoms. The molecule has 0 aromatic carbocycles. The monoisotopic (exact) mass is 254 g/mol. The first-order valence-corrected chi connectivity index (χ1v) is 8.03. The average molecular weight is 254 g/mol. The van der Waals surface area contributed by atoms with E-state index in [2.05, 4.69) is 32.6 Å². The average Bonchev–Trinajstić information content (AvgIpc) is 2.87. The van der Waals surface area contributed by atoms with Crippen LogP contribution in [0.1, 0.15) is 72.6 Å². The van der Waals surface area contributed by atoms with Gasteiger partial charge in [-0.1, -0.05) is 40.5 Å². The maximum atomic E-state index is 6.53. The smallest absolute Gasteiger partial charge is 0.0278 e. The summed E-state index contributed by atoms with van der Waals surface area (Å²) in [5.74, 6) is 0.796. The van der Waals surface area contributed by atoms with Crippen LogP contribution >= 0.6 is 0 Å². The first-order valence-electron chi connectivity index (χ1n) is 8.03. The third kappa shape index (κ3) is 4.89. The standard InChI is InChI=1S/C16H34N2/c1-5-16(17,6-2)13-18(12-11-14(3)4)15-9-7-8-10-15/h14-15H,5-13,17H2,1-4H3. The summed E-state index contributed by atoms with van der Waals surface area (Å²) in [4.78, 5) is 2.71. The molecule has 0 aliphatic heterocycles. The molecule has 0 atom stereocenters. The van der Waals surface area contributed by atoms with Crippen LogP contribution in [0.3, 0.4) is 0 Å². The predicted molar refractivity (Wildman–Crippen MR) is 80.8 cm³/mol. The Bertz CT molecular complexity index is 215. The minimum Gasteiger partial charge on any atom is -0.324 e. The molecule has 1 aliphatic rings. The molecule has 2 N–H and O–H groups in total. The summed E-state index contributed by atoms with van der Waals surface area (Å²) in [5.41, 5.74) is 6.56. The van der Waals surface area contributed by atoms with E-state index in [0.29, 0.717) is 0 Å². The topological polar surface area (TPSA) is 29.3 Å². The Morgan fingerprint density at radius 2 is 1.72 bits per heavy atom. The van der Waals surface area contributed by atoms with E-state index in [1.165, 1.54) is 38.6 Å². The Hall–Kier alpha value is -0.0800. The Labute approximate surface area is 114 Å². The molecule has 1 fully saturated rings. The van der Waals surface area contributed by atoms with Gasteiger partial charge < -0.3 is 5.73 Å². The molecule has 0 aromatic rings. The SMILES string of the molecule is CCC(N)(CC)CN(CCC(C)C)C1CCCC1. The predicted octanol–water partition coefficient (Wildman–Crippen LogP) is 3.79. The van der Waals surface area contributed by atoms with Crippen LogP contribution in [0.15, 0.2) is 0 Å². The molecule has 0 spiro atoms. The van der Waals surface area contributed by atoms with Crippen molar-refractivity contribution in [1.82, 2.24) is 4.90 Å². The molecule has 0 amide bonds. The summed E-state index contributed by atoms with van der Waals surface area (Å²) < 4.78 is 0. The fraction of sp³-hybridized carbons (Fsp3) is 1.00. The van der Waals surface area contributed by atoms with Gasteiger partial charge in [-0.3, -0.25) is 4.90 Å². The second-order valence-electron chi connectivity index (χ2n) is 6.66. The number of nitrogens with zero attached hydrogens (tertiary/aromatic N) is 1. The number of hydrogen-bond acceptors (Lipinski definition) is 2. The minimum absolute atomic E-state index is 0.0274. The lowest BCUT2D eigenvalue weighted by Gasteiger charge is -2.38. The molecule has 0 unspecified atom stereocenters. The van der Waals surface area contributed by atoms with Crippen molar-refractivity contribution in [2.24, 2.45) is 11.7 Å². The van der Waals surface area contributed by atoms with E-state index in [0.717, 1.165) is 31.3 Å². The zero-order valence-electron chi connectivity index (χ0n) is 13.0. The van der Waals surface area contributed by atoms with Crippen molar-refractivity contribution in [3.8, 4) is 0 Å². The van der Waals surface area contributed by atoms with Crippen molar-refractivity contribution in [3.63, 3.8) is 0 Å². The van der Waals surface area contributed by atoms with Crippen LogP contribution in [0.5, 0.6) is 0 Å². The van der Waals surface area contributed by atoms with Gasteiger partial charge in [0.15, 0.2) is 0 Å². The third-order valence-corrected chi connectivity index (χ3v) is 4.76. The van der Waals surface area contributed by atoms with Crippen LogP contribution in [0.4, 0.5) is 0 Å². The Morgan fingerprint density at radius 1 is 1.17 bits per heavy atom. The van der Waals surface area contributed by atoms with Gasteiger partial charge in [-0.05, 0) is 44.6 Å². The number of hydrogen-bond donors (Lipinski definition) is 1. The van der Waals surface area contributed by atoms with E-state index in [1.54, 1.807) is 0 Å². The van der Waals surface area contributed by atoms with E-state index in [-0.39, 0.29) is 5.54 Å². The first-order chi connectivity index (χ1) is 8.50. The normalized spacial score (nSPS) is 18.2. The molecule has 0 bridgehead atoms. The summed E-state index contributed by atoms with van der Waals surface area (Å²) in [7, 11) is 0. The van der Waals surface area contributed by atoms with Crippen LogP contribution < -0.4 is 5.73 Å². The summed E-state index contributed by atoms with van der Waals surface area (Å²) >= 11 is 0. The quantitative estimate of drug-likeness (QED) is 0.714. The maximum absolute atomic E-state index is 6.53. The van der Waals surface area contributed by atoms with Crippen LogP contribution in [0.25, 0.3) is 0 Å². The molecule has 108 valence electrons. The van der Waals surface area contributed by atoms with E-state index in [1.807, 2.05) is 0 Å². The number of nitrogens with two attached hydrogens (primary N) is 1. The van der Waals surface area contributed by atoms with Gasteiger partial charge in [-0.15, -0.1) is 0 Å². The fourth-order valence-corrected chi connectivity index (χ4v) is 2.96. The molecule has 2 nitrogen and oxygen atoms in total. The molecule has 1 rings (SSSR count). The molecule has 0 aromatic heterocycles. The van der Waals surface area contributed by atoms with Gasteiger partial charge in [0.25, 0.3) is 0 Å². The molecule has 0 saturated heterocycles. The van der Waals surface area contributed by atoms with Gasteiger partial charge in [0.1, 0.15) is 0 Å². The second-order valence-corrected chi connectivity index (χ2v) is 6.66. The highest BCUT2D eigenvalue weighted by molar-refractivity contribution is 4.88. The van der Waals surface area contributed by atoms with Crippen molar-refractivity contribution in [3.05, 3.63) is 0 Å². The summed E-state index contributed by atoms with van der Waals surface area (Å²) in [6.07, 6.45) is 9.10. The molecular formula is C16H34N2. The van der Waals surface area contributed by atoms with E-state index in [9.17, 15) is 0 Å². The van der Waals surface area contributed by atoms with Gasteiger partial charge in [-0.2, -0.15) is 0 Å². The van der Waals surface area contributed by atoms with Crippen LogP contribution in [0, 0.1) is 5.92 Å². The third-order valence-electron chi connectivity index (χ3n) is 4.76. The largest absolute Gasteiger partial charge is 0.324 e. The lowest BCUT2D eigenvalue weighted by Crippen LogP contribution is -2.52.